The molecule has 0 radical (unpaired) electrons. The third-order valence-electron chi connectivity index (χ3n) is 4.38. The summed E-state index contributed by atoms with van der Waals surface area (Å²) in [6.07, 6.45) is 3.68. The zero-order valence-electron chi connectivity index (χ0n) is 11.9. The van der Waals surface area contributed by atoms with Crippen LogP contribution in [-0.2, 0) is 4.79 Å². The molecular formula is C16H20BrNO3. The highest BCUT2D eigenvalue weighted by molar-refractivity contribution is 9.10. The Morgan fingerprint density at radius 2 is 2.05 bits per heavy atom. The first-order valence-corrected chi connectivity index (χ1v) is 8.30. The van der Waals surface area contributed by atoms with Crippen LogP contribution in [0.1, 0.15) is 32.1 Å². The number of benzene rings is 1. The molecule has 2 aliphatic rings. The summed E-state index contributed by atoms with van der Waals surface area (Å²) in [6, 6.07) is 8.10. The molecular weight excluding hydrogens is 334 g/mol. The monoisotopic (exact) mass is 353 g/mol. The third-order valence-corrected chi connectivity index (χ3v) is 4.87. The van der Waals surface area contributed by atoms with Gasteiger partial charge in [-0.1, -0.05) is 22.0 Å². The van der Waals surface area contributed by atoms with Gasteiger partial charge in [0.25, 0.3) is 0 Å². The summed E-state index contributed by atoms with van der Waals surface area (Å²) in [5.41, 5.74) is 0. The number of amides is 1. The van der Waals surface area contributed by atoms with Crippen LogP contribution >= 0.6 is 15.9 Å². The molecule has 2 unspecified atom stereocenters. The van der Waals surface area contributed by atoms with Gasteiger partial charge in [0, 0.05) is 16.6 Å². The average molecular weight is 354 g/mol. The Kier molecular flexibility index (Phi) is 4.50. The largest absolute Gasteiger partial charge is 0.493 e. The van der Waals surface area contributed by atoms with E-state index >= 15 is 0 Å². The Bertz CT molecular complexity index is 508. The first-order chi connectivity index (χ1) is 10.1. The molecule has 2 atom stereocenters. The zero-order valence-corrected chi connectivity index (χ0v) is 13.5. The number of rotatable bonds is 4. The number of halogens is 1. The fourth-order valence-corrected chi connectivity index (χ4v) is 3.88. The Labute approximate surface area is 133 Å². The maximum Gasteiger partial charge on any atom is 0.226 e. The lowest BCUT2D eigenvalue weighted by Crippen LogP contribution is -2.48. The van der Waals surface area contributed by atoms with Crippen LogP contribution in [0.5, 0.6) is 5.75 Å². The maximum atomic E-state index is 12.4. The highest BCUT2D eigenvalue weighted by atomic mass is 79.9. The molecule has 2 fully saturated rings. The van der Waals surface area contributed by atoms with Gasteiger partial charge in [-0.3, -0.25) is 4.79 Å². The van der Waals surface area contributed by atoms with Gasteiger partial charge in [0.1, 0.15) is 5.75 Å². The molecule has 2 saturated heterocycles. The van der Waals surface area contributed by atoms with Crippen molar-refractivity contribution in [1.29, 1.82) is 0 Å². The number of hydrogen-bond acceptors (Lipinski definition) is 3. The van der Waals surface area contributed by atoms with Crippen molar-refractivity contribution < 1.29 is 14.6 Å². The number of nitrogens with zero attached hydrogens (tertiary/aromatic N) is 1. The minimum Gasteiger partial charge on any atom is -0.493 e. The summed E-state index contributed by atoms with van der Waals surface area (Å²) in [4.78, 5) is 14.4. The number of aliphatic hydroxyl groups is 1. The van der Waals surface area contributed by atoms with Crippen molar-refractivity contribution in [1.82, 2.24) is 4.90 Å². The first-order valence-electron chi connectivity index (χ1n) is 7.51. The van der Waals surface area contributed by atoms with Gasteiger partial charge in [-0.2, -0.15) is 0 Å². The van der Waals surface area contributed by atoms with Crippen molar-refractivity contribution in [3.63, 3.8) is 0 Å². The van der Waals surface area contributed by atoms with Gasteiger partial charge in [-0.15, -0.1) is 0 Å². The van der Waals surface area contributed by atoms with Gasteiger partial charge in [-0.05, 0) is 43.9 Å². The van der Waals surface area contributed by atoms with E-state index in [9.17, 15) is 9.90 Å². The van der Waals surface area contributed by atoms with E-state index in [0.29, 0.717) is 13.0 Å². The molecule has 2 heterocycles. The van der Waals surface area contributed by atoms with E-state index < -0.39 is 0 Å². The Balaban J connectivity index is 1.51. The van der Waals surface area contributed by atoms with Crippen LogP contribution in [0.25, 0.3) is 0 Å². The maximum absolute atomic E-state index is 12.4. The summed E-state index contributed by atoms with van der Waals surface area (Å²) >= 11 is 3.40. The highest BCUT2D eigenvalue weighted by Crippen LogP contribution is 2.36. The van der Waals surface area contributed by atoms with Crippen molar-refractivity contribution in [3.05, 3.63) is 28.7 Å². The minimum absolute atomic E-state index is 0.157. The molecule has 2 aliphatic heterocycles. The quantitative estimate of drug-likeness (QED) is 0.905. The van der Waals surface area contributed by atoms with Gasteiger partial charge >= 0.3 is 0 Å². The molecule has 0 spiro atoms. The summed E-state index contributed by atoms with van der Waals surface area (Å²) in [7, 11) is 0. The standard InChI is InChI=1S/C16H20BrNO3/c17-11-2-1-3-15(8-11)21-7-6-16(20)18-12-4-5-13(18)10-14(19)9-12/h1-3,8,12-14,19H,4-7,9-10H2. The van der Waals surface area contributed by atoms with E-state index in [1.165, 1.54) is 0 Å². The van der Waals surface area contributed by atoms with E-state index in [1.807, 2.05) is 29.2 Å². The molecule has 2 bridgehead atoms. The van der Waals surface area contributed by atoms with Gasteiger partial charge in [-0.25, -0.2) is 0 Å². The number of hydrogen-bond donors (Lipinski definition) is 1. The van der Waals surface area contributed by atoms with Gasteiger partial charge in [0.05, 0.1) is 19.1 Å². The predicted molar refractivity (Wildman–Crippen MR) is 83.2 cm³/mol. The van der Waals surface area contributed by atoms with Crippen molar-refractivity contribution in [2.24, 2.45) is 0 Å². The molecule has 114 valence electrons. The molecule has 1 amide bonds. The number of ether oxygens (including phenoxy) is 1. The van der Waals surface area contributed by atoms with E-state index in [0.717, 1.165) is 35.9 Å². The molecule has 1 N–H and O–H groups in total. The smallest absolute Gasteiger partial charge is 0.226 e. The number of piperidine rings is 1. The van der Waals surface area contributed by atoms with Gasteiger partial charge < -0.3 is 14.7 Å². The van der Waals surface area contributed by atoms with Gasteiger partial charge in [0.2, 0.25) is 5.91 Å². The summed E-state index contributed by atoms with van der Waals surface area (Å²) in [6.45, 7) is 0.397. The third kappa shape index (κ3) is 3.40. The second-order valence-electron chi connectivity index (χ2n) is 5.87. The molecule has 5 heteroatoms. The van der Waals surface area contributed by atoms with Gasteiger partial charge in [0.15, 0.2) is 0 Å². The lowest BCUT2D eigenvalue weighted by Gasteiger charge is -2.37. The van der Waals surface area contributed by atoms with E-state index in [-0.39, 0.29) is 24.1 Å². The van der Waals surface area contributed by atoms with Crippen LogP contribution in [-0.4, -0.2) is 40.7 Å². The fourth-order valence-electron chi connectivity index (χ4n) is 3.50. The van der Waals surface area contributed by atoms with E-state index in [1.54, 1.807) is 0 Å². The lowest BCUT2D eigenvalue weighted by molar-refractivity contribution is -0.137. The molecule has 3 rings (SSSR count). The molecule has 0 saturated carbocycles. The second-order valence-corrected chi connectivity index (χ2v) is 6.78. The lowest BCUT2D eigenvalue weighted by atomic mass is 9.99. The molecule has 0 aliphatic carbocycles. The Hall–Kier alpha value is -1.07. The molecule has 0 aromatic heterocycles. The van der Waals surface area contributed by atoms with Crippen LogP contribution in [0.4, 0.5) is 0 Å². The average Bonchev–Trinajstić information content (AvgIpc) is 2.71. The van der Waals surface area contributed by atoms with Crippen molar-refractivity contribution in [3.8, 4) is 5.75 Å². The molecule has 21 heavy (non-hydrogen) atoms. The number of aliphatic hydroxyl groups excluding tert-OH is 1. The summed E-state index contributed by atoms with van der Waals surface area (Å²) < 4.78 is 6.60. The topological polar surface area (TPSA) is 49.8 Å². The number of carbonyl (C=O) groups excluding carboxylic acids is 1. The normalized spacial score (nSPS) is 27.7. The Morgan fingerprint density at radius 1 is 1.33 bits per heavy atom. The van der Waals surface area contributed by atoms with Crippen molar-refractivity contribution in [2.45, 2.75) is 50.3 Å². The van der Waals surface area contributed by atoms with Crippen molar-refractivity contribution >= 4 is 21.8 Å². The van der Waals surface area contributed by atoms with E-state index in [4.69, 9.17) is 4.74 Å². The van der Waals surface area contributed by atoms with Crippen molar-refractivity contribution in [2.75, 3.05) is 6.61 Å². The first kappa shape index (κ1) is 14.9. The van der Waals surface area contributed by atoms with Crippen LogP contribution in [0.3, 0.4) is 0 Å². The second kappa shape index (κ2) is 6.36. The number of fused-ring (bicyclic) bond motifs is 2. The van der Waals surface area contributed by atoms with Crippen LogP contribution < -0.4 is 4.74 Å². The minimum atomic E-state index is -0.232. The Morgan fingerprint density at radius 3 is 2.71 bits per heavy atom. The molecule has 4 nitrogen and oxygen atoms in total. The molecule has 1 aromatic rings. The SMILES string of the molecule is O=C(CCOc1cccc(Br)c1)N1C2CCC1CC(O)C2. The van der Waals surface area contributed by atoms with Crippen LogP contribution in [0, 0.1) is 0 Å². The van der Waals surface area contributed by atoms with E-state index in [2.05, 4.69) is 15.9 Å². The summed E-state index contributed by atoms with van der Waals surface area (Å²) in [5, 5.41) is 9.77. The highest BCUT2D eigenvalue weighted by Gasteiger charge is 2.42. The predicted octanol–water partition coefficient (Wildman–Crippen LogP) is 2.73. The number of carbonyl (C=O) groups is 1. The zero-order chi connectivity index (χ0) is 14.8. The fraction of sp³-hybridized carbons (Fsp3) is 0.562. The van der Waals surface area contributed by atoms with Crippen LogP contribution in [0.15, 0.2) is 28.7 Å². The van der Waals surface area contributed by atoms with Crippen LogP contribution in [0.2, 0.25) is 0 Å². The molecule has 1 aromatic carbocycles. The summed E-state index contributed by atoms with van der Waals surface area (Å²) in [5.74, 6) is 0.929.